The SMILES string of the molecule is C1CCCCC1.O=C(O)c1ccc(C(=O)OCCOCCO)cc1. The molecule has 1 aromatic carbocycles. The Morgan fingerprint density at radius 3 is 1.79 bits per heavy atom. The van der Waals surface area contributed by atoms with Gasteiger partial charge in [-0.15, -0.1) is 0 Å². The number of ether oxygens (including phenoxy) is 2. The van der Waals surface area contributed by atoms with Gasteiger partial charge in [-0.25, -0.2) is 9.59 Å². The second-order valence-corrected chi connectivity index (χ2v) is 5.48. The first-order chi connectivity index (χ1) is 11.6. The van der Waals surface area contributed by atoms with Crippen molar-refractivity contribution in [1.82, 2.24) is 0 Å². The molecule has 6 nitrogen and oxygen atoms in total. The zero-order valence-corrected chi connectivity index (χ0v) is 13.9. The van der Waals surface area contributed by atoms with E-state index < -0.39 is 11.9 Å². The first kappa shape index (κ1) is 20.1. The molecule has 0 aliphatic heterocycles. The Kier molecular flexibility index (Phi) is 10.5. The van der Waals surface area contributed by atoms with Crippen molar-refractivity contribution in [2.24, 2.45) is 0 Å². The summed E-state index contributed by atoms with van der Waals surface area (Å²) < 4.78 is 9.80. The summed E-state index contributed by atoms with van der Waals surface area (Å²) in [7, 11) is 0. The number of aliphatic hydroxyl groups is 1. The second kappa shape index (κ2) is 12.5. The molecule has 2 rings (SSSR count). The summed E-state index contributed by atoms with van der Waals surface area (Å²) >= 11 is 0. The summed E-state index contributed by atoms with van der Waals surface area (Å²) in [6.07, 6.45) is 9.00. The highest BCUT2D eigenvalue weighted by atomic mass is 16.6. The van der Waals surface area contributed by atoms with E-state index in [9.17, 15) is 9.59 Å². The molecular formula is C18H26O6. The monoisotopic (exact) mass is 338 g/mol. The van der Waals surface area contributed by atoms with E-state index in [1.807, 2.05) is 0 Å². The average molecular weight is 338 g/mol. The van der Waals surface area contributed by atoms with Gasteiger partial charge in [-0.05, 0) is 24.3 Å². The summed E-state index contributed by atoms with van der Waals surface area (Å²) in [6, 6.07) is 5.45. The summed E-state index contributed by atoms with van der Waals surface area (Å²) in [5.74, 6) is -1.59. The van der Waals surface area contributed by atoms with Crippen molar-refractivity contribution in [3.05, 3.63) is 35.4 Å². The van der Waals surface area contributed by atoms with E-state index in [0.29, 0.717) is 0 Å². The zero-order valence-electron chi connectivity index (χ0n) is 13.9. The van der Waals surface area contributed by atoms with Gasteiger partial charge in [0.1, 0.15) is 6.61 Å². The number of benzene rings is 1. The second-order valence-electron chi connectivity index (χ2n) is 5.48. The van der Waals surface area contributed by atoms with E-state index >= 15 is 0 Å². The Balaban J connectivity index is 0.000000400. The zero-order chi connectivity index (χ0) is 17.6. The third-order valence-corrected chi connectivity index (χ3v) is 3.56. The fraction of sp³-hybridized carbons (Fsp3) is 0.556. The molecule has 0 amide bonds. The third kappa shape index (κ3) is 8.64. The summed E-state index contributed by atoms with van der Waals surface area (Å²) in [5, 5.41) is 17.1. The van der Waals surface area contributed by atoms with E-state index in [1.165, 1.54) is 62.8 Å². The maximum atomic E-state index is 11.5. The Labute approximate surface area is 142 Å². The normalized spacial score (nSPS) is 13.5. The minimum atomic E-state index is -1.05. The number of aromatic carboxylic acids is 1. The number of carbonyl (C=O) groups is 2. The molecule has 1 aliphatic rings. The van der Waals surface area contributed by atoms with Crippen LogP contribution in [0.2, 0.25) is 0 Å². The van der Waals surface area contributed by atoms with Crippen molar-refractivity contribution in [3.63, 3.8) is 0 Å². The lowest BCUT2D eigenvalue weighted by Gasteiger charge is -2.05. The minimum Gasteiger partial charge on any atom is -0.478 e. The predicted molar refractivity (Wildman–Crippen MR) is 89.3 cm³/mol. The van der Waals surface area contributed by atoms with Gasteiger partial charge in [0.15, 0.2) is 0 Å². The summed E-state index contributed by atoms with van der Waals surface area (Å²) in [5.41, 5.74) is 0.389. The molecule has 6 heteroatoms. The number of rotatable bonds is 7. The highest BCUT2D eigenvalue weighted by molar-refractivity contribution is 5.92. The van der Waals surface area contributed by atoms with Crippen LogP contribution in [0.4, 0.5) is 0 Å². The van der Waals surface area contributed by atoms with Crippen LogP contribution < -0.4 is 0 Å². The van der Waals surface area contributed by atoms with Gasteiger partial charge in [0.25, 0.3) is 0 Å². The molecule has 0 atom stereocenters. The molecule has 1 fully saturated rings. The Morgan fingerprint density at radius 2 is 1.33 bits per heavy atom. The van der Waals surface area contributed by atoms with Crippen molar-refractivity contribution in [2.45, 2.75) is 38.5 Å². The lowest BCUT2D eigenvalue weighted by Crippen LogP contribution is -2.12. The van der Waals surface area contributed by atoms with Crippen LogP contribution in [-0.2, 0) is 9.47 Å². The molecule has 0 unspecified atom stereocenters. The summed E-state index contributed by atoms with van der Waals surface area (Å²) in [6.45, 7) is 0.411. The molecule has 0 spiro atoms. The van der Waals surface area contributed by atoms with E-state index in [0.717, 1.165) is 0 Å². The van der Waals surface area contributed by atoms with Crippen LogP contribution in [0.5, 0.6) is 0 Å². The van der Waals surface area contributed by atoms with E-state index in [1.54, 1.807) is 0 Å². The van der Waals surface area contributed by atoms with Gasteiger partial charge in [-0.3, -0.25) is 0 Å². The standard InChI is InChI=1S/C12H14O6.C6H12/c13-5-6-17-7-8-18-12(16)10-3-1-9(2-4-10)11(14)15;1-2-4-6-5-3-1/h1-4,13H,5-8H2,(H,14,15);1-6H2. The summed E-state index contributed by atoms with van der Waals surface area (Å²) in [4.78, 5) is 22.1. The van der Waals surface area contributed by atoms with E-state index in [-0.39, 0.29) is 37.6 Å². The molecular weight excluding hydrogens is 312 g/mol. The van der Waals surface area contributed by atoms with Gasteiger partial charge in [-0.1, -0.05) is 38.5 Å². The van der Waals surface area contributed by atoms with Crippen molar-refractivity contribution in [3.8, 4) is 0 Å². The highest BCUT2D eigenvalue weighted by Gasteiger charge is 2.08. The Morgan fingerprint density at radius 1 is 0.833 bits per heavy atom. The topological polar surface area (TPSA) is 93.1 Å². The molecule has 1 aliphatic carbocycles. The van der Waals surface area contributed by atoms with E-state index in [4.69, 9.17) is 19.7 Å². The fourth-order valence-corrected chi connectivity index (χ4v) is 2.25. The van der Waals surface area contributed by atoms with Gasteiger partial charge in [0.2, 0.25) is 0 Å². The van der Waals surface area contributed by atoms with Crippen LogP contribution in [0.25, 0.3) is 0 Å². The van der Waals surface area contributed by atoms with Gasteiger partial charge in [0, 0.05) is 0 Å². The molecule has 24 heavy (non-hydrogen) atoms. The highest BCUT2D eigenvalue weighted by Crippen LogP contribution is 2.15. The lowest BCUT2D eigenvalue weighted by atomic mass is 10.0. The molecule has 2 N–H and O–H groups in total. The number of carboxylic acid groups (broad SMARTS) is 1. The first-order valence-electron chi connectivity index (χ1n) is 8.34. The number of carbonyl (C=O) groups excluding carboxylic acids is 1. The number of carboxylic acids is 1. The molecule has 0 bridgehead atoms. The number of hydrogen-bond acceptors (Lipinski definition) is 5. The molecule has 0 radical (unpaired) electrons. The van der Waals surface area contributed by atoms with Crippen LogP contribution in [0.15, 0.2) is 24.3 Å². The van der Waals surface area contributed by atoms with Gasteiger partial charge in [0.05, 0.1) is 30.9 Å². The van der Waals surface area contributed by atoms with Gasteiger partial charge < -0.3 is 19.7 Å². The first-order valence-corrected chi connectivity index (χ1v) is 8.34. The van der Waals surface area contributed by atoms with Crippen molar-refractivity contribution in [1.29, 1.82) is 0 Å². The predicted octanol–water partition coefficient (Wildman–Crippen LogP) is 2.89. The molecule has 0 heterocycles. The fourth-order valence-electron chi connectivity index (χ4n) is 2.25. The van der Waals surface area contributed by atoms with Crippen LogP contribution in [0.3, 0.4) is 0 Å². The number of hydrogen-bond donors (Lipinski definition) is 2. The van der Waals surface area contributed by atoms with Crippen LogP contribution in [-0.4, -0.2) is 48.6 Å². The van der Waals surface area contributed by atoms with Crippen LogP contribution in [0.1, 0.15) is 59.2 Å². The maximum Gasteiger partial charge on any atom is 0.338 e. The van der Waals surface area contributed by atoms with Crippen molar-refractivity contribution in [2.75, 3.05) is 26.4 Å². The number of esters is 1. The Bertz CT molecular complexity index is 467. The third-order valence-electron chi connectivity index (χ3n) is 3.56. The van der Waals surface area contributed by atoms with Crippen LogP contribution in [0, 0.1) is 0 Å². The molecule has 1 saturated carbocycles. The maximum absolute atomic E-state index is 11.5. The minimum absolute atomic E-state index is 0.0788. The molecule has 0 saturated heterocycles. The molecule has 1 aromatic rings. The largest absolute Gasteiger partial charge is 0.478 e. The average Bonchev–Trinajstić information content (AvgIpc) is 2.63. The smallest absolute Gasteiger partial charge is 0.338 e. The van der Waals surface area contributed by atoms with Gasteiger partial charge in [-0.2, -0.15) is 0 Å². The van der Waals surface area contributed by atoms with E-state index in [2.05, 4.69) is 0 Å². The quantitative estimate of drug-likeness (QED) is 0.586. The molecule has 134 valence electrons. The number of aliphatic hydroxyl groups excluding tert-OH is 1. The van der Waals surface area contributed by atoms with Crippen molar-refractivity contribution >= 4 is 11.9 Å². The molecule has 0 aromatic heterocycles. The van der Waals surface area contributed by atoms with Gasteiger partial charge >= 0.3 is 11.9 Å². The van der Waals surface area contributed by atoms with Crippen molar-refractivity contribution < 1.29 is 29.3 Å². The Hall–Kier alpha value is -1.92. The van der Waals surface area contributed by atoms with Crippen LogP contribution >= 0.6 is 0 Å². The lowest BCUT2D eigenvalue weighted by molar-refractivity contribution is 0.0258.